The Hall–Kier alpha value is -1.96. The summed E-state index contributed by atoms with van der Waals surface area (Å²) in [7, 11) is 17.4. The van der Waals surface area contributed by atoms with Gasteiger partial charge in [-0.15, -0.1) is 0 Å². The molecule has 0 amide bonds. The van der Waals surface area contributed by atoms with Crippen molar-refractivity contribution in [3.8, 4) is 22.3 Å². The molecule has 0 bridgehead atoms. The molecule has 0 radical (unpaired) electrons. The summed E-state index contributed by atoms with van der Waals surface area (Å²) in [6.45, 7) is 28.1. The molecule has 0 spiro atoms. The third kappa shape index (κ3) is 5.88. The van der Waals surface area contributed by atoms with E-state index in [1.165, 1.54) is 77.9 Å². The van der Waals surface area contributed by atoms with Gasteiger partial charge in [0.25, 0.3) is 0 Å². The maximum atomic E-state index is 8.71. The number of hydrogen-bond acceptors (Lipinski definition) is 0. The fraction of sp³-hybridized carbons (Fsp3) is 0.391. The molecular weight excluding hydrogens is 743 g/mol. The first kappa shape index (κ1) is 37.8. The minimum absolute atomic E-state index is 0.0723. The van der Waals surface area contributed by atoms with Crippen LogP contribution in [0.25, 0.3) is 34.4 Å². The average Bonchev–Trinajstić information content (AvgIpc) is 3.60. The first-order valence-corrected chi connectivity index (χ1v) is 35.3. The molecule has 4 aromatic rings. The van der Waals surface area contributed by atoms with Crippen molar-refractivity contribution < 1.29 is 15.6 Å². The molecule has 0 nitrogen and oxygen atoms in total. The van der Waals surface area contributed by atoms with E-state index < -0.39 is 21.5 Å². The summed E-state index contributed by atoms with van der Waals surface area (Å²) < 4.78 is 0.145. The summed E-state index contributed by atoms with van der Waals surface area (Å²) in [6.07, 6.45) is 4.96. The van der Waals surface area contributed by atoms with Gasteiger partial charge in [0, 0.05) is 0 Å². The number of rotatable bonds is 9. The van der Waals surface area contributed by atoms with Gasteiger partial charge in [-0.1, -0.05) is 0 Å². The molecule has 0 saturated heterocycles. The zero-order valence-corrected chi connectivity index (χ0v) is 37.5. The topological polar surface area (TPSA) is 0 Å². The molecule has 0 fully saturated rings. The van der Waals surface area contributed by atoms with Gasteiger partial charge < -0.3 is 0 Å². The zero-order chi connectivity index (χ0) is 36.5. The molecule has 50 heavy (non-hydrogen) atoms. The molecule has 263 valence electrons. The Balaban J connectivity index is 1.63. The molecule has 2 unspecified atom stereocenters. The zero-order valence-electron chi connectivity index (χ0n) is 32.4. The van der Waals surface area contributed by atoms with Crippen LogP contribution >= 0.6 is 17.0 Å². The van der Waals surface area contributed by atoms with Gasteiger partial charge in [0.1, 0.15) is 0 Å². The van der Waals surface area contributed by atoms with Crippen molar-refractivity contribution >= 4 is 35.1 Å². The van der Waals surface area contributed by atoms with E-state index in [1.807, 2.05) is 0 Å². The Morgan fingerprint density at radius 3 is 1.16 bits per heavy atom. The third-order valence-corrected chi connectivity index (χ3v) is 64.3. The van der Waals surface area contributed by atoms with Gasteiger partial charge in [0.05, 0.1) is 0 Å². The number of fused-ring (bicyclic) bond motifs is 2. The Bertz CT molecular complexity index is 1890. The van der Waals surface area contributed by atoms with Crippen molar-refractivity contribution in [2.45, 2.75) is 113 Å². The van der Waals surface area contributed by atoms with Crippen LogP contribution in [0.3, 0.4) is 0 Å². The van der Waals surface area contributed by atoms with E-state index in [2.05, 4.69) is 167 Å². The molecule has 6 rings (SSSR count). The van der Waals surface area contributed by atoms with Crippen LogP contribution in [0, 0.1) is 0 Å². The molecule has 2 aliphatic rings. The van der Waals surface area contributed by atoms with E-state index in [-0.39, 0.29) is 7.25 Å². The van der Waals surface area contributed by atoms with Crippen molar-refractivity contribution in [1.29, 1.82) is 0 Å². The van der Waals surface area contributed by atoms with Crippen molar-refractivity contribution in [3.05, 3.63) is 128 Å². The summed E-state index contributed by atoms with van der Waals surface area (Å²) in [4.78, 5) is 0. The maximum absolute atomic E-state index is 8.71. The van der Waals surface area contributed by atoms with E-state index >= 15 is 0 Å². The van der Waals surface area contributed by atoms with Gasteiger partial charge in [-0.25, -0.2) is 0 Å². The fourth-order valence-electron chi connectivity index (χ4n) is 9.55. The van der Waals surface area contributed by atoms with Crippen molar-refractivity contribution in [2.24, 2.45) is 0 Å². The molecule has 4 aromatic carbocycles. The summed E-state index contributed by atoms with van der Waals surface area (Å²) in [5.41, 5.74) is 19.2. The molecule has 2 aliphatic carbocycles. The molecular formula is C46H57Cl2SiZr. The monoisotopic (exact) mass is 797 g/mol. The molecule has 0 heterocycles. The standard InChI is InChI=1S/2C22H25.C2H7Si.2ClH.Zr/c2*1-14(2)18-8-6-7-9-20(18)22-19(15(3)4)11-10-17-12-16(5)13-21(17)22;1-3-2;;;/h2*6-15H,1-5H3;3H,1-2H3;2*1H;/q;;;;;+2/p-2. The van der Waals surface area contributed by atoms with Gasteiger partial charge >= 0.3 is 315 Å². The first-order chi connectivity index (χ1) is 23.5. The molecule has 0 aromatic heterocycles. The Kier molecular flexibility index (Phi) is 10.4. The Morgan fingerprint density at radius 2 is 0.840 bits per heavy atom. The fourth-order valence-corrected chi connectivity index (χ4v) is 42.5. The van der Waals surface area contributed by atoms with E-state index in [0.29, 0.717) is 23.7 Å². The molecule has 0 N–H and O–H groups in total. The molecule has 0 saturated carbocycles. The van der Waals surface area contributed by atoms with Crippen molar-refractivity contribution in [3.63, 3.8) is 0 Å². The van der Waals surface area contributed by atoms with Crippen LogP contribution in [0.4, 0.5) is 0 Å². The van der Waals surface area contributed by atoms with Crippen LogP contribution in [0.1, 0.15) is 145 Å². The van der Waals surface area contributed by atoms with Crippen molar-refractivity contribution in [1.82, 2.24) is 0 Å². The number of benzene rings is 4. The number of hydrogen-bond donors (Lipinski definition) is 0. The van der Waals surface area contributed by atoms with Gasteiger partial charge in [0.15, 0.2) is 0 Å². The van der Waals surface area contributed by atoms with Crippen molar-refractivity contribution in [2.75, 3.05) is 0 Å². The summed E-state index contributed by atoms with van der Waals surface area (Å²) in [5, 5.41) is 0. The molecule has 0 aliphatic heterocycles. The van der Waals surface area contributed by atoms with E-state index in [1.54, 1.807) is 0 Å². The third-order valence-electron chi connectivity index (χ3n) is 12.1. The SMILES string of the molecule is CC1=Cc2c(ccc(C(C)C)c2-c2ccccc2C(C)C)[CH]1[Zr]([Cl])([Cl])([CH]1C(C)=Cc2c1ccc(C(C)C)c2-c1ccccc1C(C)C)[SiH](C)C. The van der Waals surface area contributed by atoms with Gasteiger partial charge in [-0.2, -0.15) is 0 Å². The van der Waals surface area contributed by atoms with Crippen LogP contribution in [0.15, 0.2) is 83.9 Å². The first-order valence-electron chi connectivity index (χ1n) is 19.0. The Morgan fingerprint density at radius 1 is 0.500 bits per heavy atom. The van der Waals surface area contributed by atoms with Gasteiger partial charge in [0.2, 0.25) is 0 Å². The summed E-state index contributed by atoms with van der Waals surface area (Å²) in [5.74, 6) is -0.0180. The van der Waals surface area contributed by atoms with Crippen LogP contribution in [-0.4, -0.2) is 5.92 Å². The van der Waals surface area contributed by atoms with Crippen LogP contribution < -0.4 is 0 Å². The second-order valence-corrected chi connectivity index (χ2v) is 59.4. The van der Waals surface area contributed by atoms with Crippen LogP contribution in [0.2, 0.25) is 13.1 Å². The average molecular weight is 800 g/mol. The summed E-state index contributed by atoms with van der Waals surface area (Å²) >= 11 is -4.86. The minimum atomic E-state index is -4.86. The van der Waals surface area contributed by atoms with Gasteiger partial charge in [-0.05, 0) is 0 Å². The second kappa shape index (κ2) is 13.8. The quantitative estimate of drug-likeness (QED) is 0.148. The van der Waals surface area contributed by atoms with Gasteiger partial charge in [-0.3, -0.25) is 0 Å². The Labute approximate surface area is 312 Å². The second-order valence-electron chi connectivity index (χ2n) is 16.9. The normalized spacial score (nSPS) is 18.2. The predicted molar refractivity (Wildman–Crippen MR) is 223 cm³/mol. The van der Waals surface area contributed by atoms with E-state index in [4.69, 9.17) is 17.0 Å². The molecule has 2 atom stereocenters. The summed E-state index contributed by atoms with van der Waals surface area (Å²) in [6, 6.07) is 27.7. The van der Waals surface area contributed by atoms with Crippen LogP contribution in [-0.2, 0) is 15.6 Å². The molecule has 4 heteroatoms. The predicted octanol–water partition coefficient (Wildman–Crippen LogP) is 15.1. The van der Waals surface area contributed by atoms with E-state index in [0.717, 1.165) is 0 Å². The number of halogens is 2. The van der Waals surface area contributed by atoms with E-state index in [9.17, 15) is 0 Å². The number of allylic oxidation sites excluding steroid dienone is 2. The van der Waals surface area contributed by atoms with Crippen LogP contribution in [0.5, 0.6) is 0 Å².